The van der Waals surface area contributed by atoms with E-state index in [-0.39, 0.29) is 5.91 Å². The second-order valence-electron chi connectivity index (χ2n) is 5.09. The summed E-state index contributed by atoms with van der Waals surface area (Å²) >= 11 is 0. The van der Waals surface area contributed by atoms with Crippen LogP contribution >= 0.6 is 0 Å². The van der Waals surface area contributed by atoms with Gasteiger partial charge in [-0.05, 0) is 24.6 Å². The third kappa shape index (κ3) is 3.53. The lowest BCUT2D eigenvalue weighted by Crippen LogP contribution is -2.30. The molecule has 0 radical (unpaired) electrons. The van der Waals surface area contributed by atoms with Crippen molar-refractivity contribution in [1.82, 2.24) is 15.1 Å². The van der Waals surface area contributed by atoms with Crippen LogP contribution in [0.1, 0.15) is 23.0 Å². The van der Waals surface area contributed by atoms with Crippen molar-refractivity contribution in [2.24, 2.45) is 0 Å². The Morgan fingerprint density at radius 1 is 1.29 bits per heavy atom. The van der Waals surface area contributed by atoms with Crippen molar-refractivity contribution in [2.45, 2.75) is 13.5 Å². The van der Waals surface area contributed by atoms with Crippen molar-refractivity contribution in [2.75, 3.05) is 31.3 Å². The van der Waals surface area contributed by atoms with E-state index < -0.39 is 0 Å². The maximum atomic E-state index is 12.4. The van der Waals surface area contributed by atoms with Crippen LogP contribution < -0.4 is 10.6 Å². The van der Waals surface area contributed by atoms with Gasteiger partial charge in [-0.15, -0.1) is 0 Å². The first-order valence-electron chi connectivity index (χ1n) is 6.87. The van der Waals surface area contributed by atoms with Crippen LogP contribution in [-0.4, -0.2) is 41.6 Å². The Hall–Kier alpha value is -2.50. The minimum Gasteiger partial charge on any atom is -0.382 e. The molecule has 2 aromatic rings. The predicted octanol–water partition coefficient (Wildman–Crippen LogP) is 1.72. The van der Waals surface area contributed by atoms with Crippen LogP contribution in [0.4, 0.5) is 11.5 Å². The molecule has 0 atom stereocenters. The molecule has 2 rings (SSSR count). The number of nitrogens with zero attached hydrogens (tertiary/aromatic N) is 3. The Balaban J connectivity index is 2.10. The van der Waals surface area contributed by atoms with E-state index in [0.29, 0.717) is 24.6 Å². The minimum atomic E-state index is -0.0987. The topological polar surface area (TPSA) is 78.2 Å². The van der Waals surface area contributed by atoms with Gasteiger partial charge in [0.2, 0.25) is 0 Å². The molecule has 0 saturated carbocycles. The monoisotopic (exact) mass is 287 g/mol. The molecule has 0 aliphatic rings. The average molecular weight is 287 g/mol. The van der Waals surface area contributed by atoms with Gasteiger partial charge in [-0.2, -0.15) is 5.10 Å². The molecule has 6 heteroatoms. The fourth-order valence-electron chi connectivity index (χ4n) is 2.06. The molecule has 0 saturated heterocycles. The van der Waals surface area contributed by atoms with Crippen LogP contribution in [0.3, 0.4) is 0 Å². The molecule has 0 aliphatic carbocycles. The van der Waals surface area contributed by atoms with Crippen molar-refractivity contribution >= 4 is 17.4 Å². The van der Waals surface area contributed by atoms with Gasteiger partial charge in [0.15, 0.2) is 0 Å². The number of carbonyl (C=O) groups is 1. The second kappa shape index (κ2) is 6.30. The first kappa shape index (κ1) is 14.9. The Kier molecular flexibility index (Phi) is 4.47. The van der Waals surface area contributed by atoms with Crippen LogP contribution in [0.2, 0.25) is 0 Å². The van der Waals surface area contributed by atoms with Gasteiger partial charge in [-0.1, -0.05) is 12.1 Å². The third-order valence-corrected chi connectivity index (χ3v) is 3.32. The highest BCUT2D eigenvalue weighted by Gasteiger charge is 2.16. The summed E-state index contributed by atoms with van der Waals surface area (Å²) in [6.07, 6.45) is 0. The molecule has 0 fully saturated rings. The van der Waals surface area contributed by atoms with Crippen LogP contribution in [0, 0.1) is 0 Å². The van der Waals surface area contributed by atoms with Crippen molar-refractivity contribution < 1.29 is 4.79 Å². The van der Waals surface area contributed by atoms with Crippen LogP contribution in [0.15, 0.2) is 30.3 Å². The van der Waals surface area contributed by atoms with Crippen LogP contribution in [0.25, 0.3) is 0 Å². The highest BCUT2D eigenvalue weighted by Crippen LogP contribution is 2.15. The number of nitrogens with two attached hydrogens (primary N) is 1. The summed E-state index contributed by atoms with van der Waals surface area (Å²) < 4.78 is 0. The number of hydrogen-bond donors (Lipinski definition) is 2. The summed E-state index contributed by atoms with van der Waals surface area (Å²) in [6.45, 7) is 3.13. The molecule has 3 N–H and O–H groups in total. The maximum absolute atomic E-state index is 12.4. The summed E-state index contributed by atoms with van der Waals surface area (Å²) in [5, 5.41) is 6.45. The molecule has 1 aromatic carbocycles. The van der Waals surface area contributed by atoms with Gasteiger partial charge in [0, 0.05) is 38.9 Å². The zero-order chi connectivity index (χ0) is 15.4. The number of H-pyrrole nitrogens is 1. The van der Waals surface area contributed by atoms with Gasteiger partial charge in [0.05, 0.1) is 0 Å². The molecule has 21 heavy (non-hydrogen) atoms. The van der Waals surface area contributed by atoms with Gasteiger partial charge in [-0.3, -0.25) is 9.89 Å². The fourth-order valence-corrected chi connectivity index (χ4v) is 2.06. The number of nitrogen functional groups attached to an aromatic ring is 1. The molecule has 0 aliphatic heterocycles. The molecule has 0 unspecified atom stereocenters. The highest BCUT2D eigenvalue weighted by atomic mass is 16.2. The number of aromatic amines is 1. The van der Waals surface area contributed by atoms with Crippen molar-refractivity contribution in [3.63, 3.8) is 0 Å². The first-order chi connectivity index (χ1) is 10.0. The van der Waals surface area contributed by atoms with Gasteiger partial charge < -0.3 is 15.5 Å². The van der Waals surface area contributed by atoms with Gasteiger partial charge in [-0.25, -0.2) is 0 Å². The van der Waals surface area contributed by atoms with E-state index in [1.165, 1.54) is 0 Å². The number of aromatic nitrogens is 2. The number of carbonyl (C=O) groups excluding carboxylic acids is 1. The van der Waals surface area contributed by atoms with Crippen molar-refractivity contribution in [3.8, 4) is 0 Å². The normalized spacial score (nSPS) is 10.4. The number of rotatable bonds is 5. The first-order valence-corrected chi connectivity index (χ1v) is 6.87. The molecule has 1 aromatic heterocycles. The molecule has 0 spiro atoms. The van der Waals surface area contributed by atoms with Crippen molar-refractivity contribution in [1.29, 1.82) is 0 Å². The van der Waals surface area contributed by atoms with Crippen LogP contribution in [0.5, 0.6) is 0 Å². The summed E-state index contributed by atoms with van der Waals surface area (Å²) in [5.74, 6) is 0.225. The molecule has 0 bridgehead atoms. The quantitative estimate of drug-likeness (QED) is 0.877. The number of amides is 1. The predicted molar refractivity (Wildman–Crippen MR) is 84.2 cm³/mol. The number of hydrogen-bond acceptors (Lipinski definition) is 4. The summed E-state index contributed by atoms with van der Waals surface area (Å²) in [7, 11) is 4.00. The lowest BCUT2D eigenvalue weighted by molar-refractivity contribution is 0.0746. The largest absolute Gasteiger partial charge is 0.382 e. The Labute approximate surface area is 124 Å². The van der Waals surface area contributed by atoms with E-state index in [1.54, 1.807) is 11.0 Å². The van der Waals surface area contributed by atoms with Gasteiger partial charge >= 0.3 is 0 Å². The summed E-state index contributed by atoms with van der Waals surface area (Å²) in [5.41, 5.74) is 8.17. The van der Waals surface area contributed by atoms with E-state index in [2.05, 4.69) is 10.2 Å². The standard InChI is InChI=1S/C15H21N5O/c1-4-20(15(21)13-9-14(16)18-17-13)10-11-5-7-12(8-6-11)19(2)3/h5-9H,4,10H2,1-3H3,(H3,16,17,18). The van der Waals surface area contributed by atoms with Crippen LogP contribution in [-0.2, 0) is 6.54 Å². The van der Waals surface area contributed by atoms with E-state index in [9.17, 15) is 4.79 Å². The molecule has 6 nitrogen and oxygen atoms in total. The molecule has 1 amide bonds. The summed E-state index contributed by atoms with van der Waals surface area (Å²) in [4.78, 5) is 16.1. The molecule has 1 heterocycles. The minimum absolute atomic E-state index is 0.0987. The van der Waals surface area contributed by atoms with E-state index in [4.69, 9.17) is 5.73 Å². The second-order valence-corrected chi connectivity index (χ2v) is 5.09. The van der Waals surface area contributed by atoms with Gasteiger partial charge in [0.25, 0.3) is 5.91 Å². The fraction of sp³-hybridized carbons (Fsp3) is 0.333. The van der Waals surface area contributed by atoms with E-state index in [1.807, 2.05) is 50.2 Å². The number of anilines is 2. The number of benzene rings is 1. The molecule has 112 valence electrons. The zero-order valence-corrected chi connectivity index (χ0v) is 12.6. The lowest BCUT2D eigenvalue weighted by atomic mass is 10.2. The Morgan fingerprint density at radius 3 is 2.43 bits per heavy atom. The number of nitrogens with one attached hydrogen (secondary N) is 1. The Morgan fingerprint density at radius 2 is 1.95 bits per heavy atom. The third-order valence-electron chi connectivity index (χ3n) is 3.32. The van der Waals surface area contributed by atoms with Gasteiger partial charge in [0.1, 0.15) is 11.5 Å². The maximum Gasteiger partial charge on any atom is 0.272 e. The van der Waals surface area contributed by atoms with E-state index in [0.717, 1.165) is 11.3 Å². The lowest BCUT2D eigenvalue weighted by Gasteiger charge is -2.20. The average Bonchev–Trinajstić information content (AvgIpc) is 2.91. The smallest absolute Gasteiger partial charge is 0.272 e. The SMILES string of the molecule is CCN(Cc1ccc(N(C)C)cc1)C(=O)c1cc(N)n[nH]1. The molecular weight excluding hydrogens is 266 g/mol. The molecular formula is C15H21N5O. The highest BCUT2D eigenvalue weighted by molar-refractivity contribution is 5.92. The Bertz CT molecular complexity index is 603. The van der Waals surface area contributed by atoms with E-state index >= 15 is 0 Å². The summed E-state index contributed by atoms with van der Waals surface area (Å²) in [6, 6.07) is 9.71. The zero-order valence-electron chi connectivity index (χ0n) is 12.6. The van der Waals surface area contributed by atoms with Crippen molar-refractivity contribution in [3.05, 3.63) is 41.6 Å².